The summed E-state index contributed by atoms with van der Waals surface area (Å²) in [6.45, 7) is 0. The van der Waals surface area contributed by atoms with Crippen LogP contribution in [0.1, 0.15) is 0 Å². The van der Waals surface area contributed by atoms with Crippen molar-refractivity contribution in [2.75, 3.05) is 5.73 Å². The number of pyridine rings is 1. The van der Waals surface area contributed by atoms with Crippen LogP contribution in [0, 0.1) is 0 Å². The van der Waals surface area contributed by atoms with Crippen molar-refractivity contribution < 1.29 is 4.52 Å². The Hall–Kier alpha value is -2.21. The van der Waals surface area contributed by atoms with E-state index in [1.165, 1.54) is 0 Å². The summed E-state index contributed by atoms with van der Waals surface area (Å²) in [5.41, 5.74) is 7.80. The van der Waals surface area contributed by atoms with Gasteiger partial charge in [-0.15, -0.1) is 0 Å². The van der Waals surface area contributed by atoms with E-state index in [9.17, 15) is 0 Å². The molecule has 2 aromatic heterocycles. The minimum Gasteiger partial charge on any atom is -0.399 e. The molecule has 2 N–H and O–H groups in total. The normalized spacial score (nSPS) is 10.6. The number of rotatable bonds is 2. The molecule has 94 valence electrons. The Morgan fingerprint density at radius 2 is 1.89 bits per heavy atom. The van der Waals surface area contributed by atoms with Crippen LogP contribution in [0.5, 0.6) is 0 Å². The van der Waals surface area contributed by atoms with Crippen molar-refractivity contribution in [2.45, 2.75) is 0 Å². The van der Waals surface area contributed by atoms with Crippen LogP contribution in [-0.2, 0) is 0 Å². The first kappa shape index (κ1) is 11.9. The lowest BCUT2D eigenvalue weighted by Crippen LogP contribution is -1.86. The number of nitrogen functional groups attached to an aromatic ring is 1. The monoisotopic (exact) mass is 316 g/mol. The Labute approximate surface area is 117 Å². The van der Waals surface area contributed by atoms with Gasteiger partial charge in [0.15, 0.2) is 0 Å². The molecule has 0 fully saturated rings. The molecule has 6 heteroatoms. The van der Waals surface area contributed by atoms with E-state index in [4.69, 9.17) is 10.3 Å². The van der Waals surface area contributed by atoms with Crippen molar-refractivity contribution in [3.05, 3.63) is 47.1 Å². The summed E-state index contributed by atoms with van der Waals surface area (Å²) in [5, 5.41) is 3.95. The second-order valence-corrected chi connectivity index (χ2v) is 4.73. The van der Waals surface area contributed by atoms with Crippen molar-refractivity contribution in [2.24, 2.45) is 0 Å². The third kappa shape index (κ3) is 2.34. The van der Waals surface area contributed by atoms with Gasteiger partial charge >= 0.3 is 0 Å². The number of nitrogens with two attached hydrogens (primary N) is 1. The summed E-state index contributed by atoms with van der Waals surface area (Å²) in [6, 6.07) is 11.0. The topological polar surface area (TPSA) is 77.8 Å². The van der Waals surface area contributed by atoms with Gasteiger partial charge in [0, 0.05) is 21.9 Å². The van der Waals surface area contributed by atoms with Crippen LogP contribution in [0.25, 0.3) is 23.0 Å². The summed E-state index contributed by atoms with van der Waals surface area (Å²) in [4.78, 5) is 8.54. The highest BCUT2D eigenvalue weighted by Crippen LogP contribution is 2.26. The lowest BCUT2D eigenvalue weighted by Gasteiger charge is -1.96. The number of halogens is 1. The summed E-state index contributed by atoms with van der Waals surface area (Å²) in [6.07, 6.45) is 1.67. The summed E-state index contributed by atoms with van der Waals surface area (Å²) in [7, 11) is 0. The van der Waals surface area contributed by atoms with Gasteiger partial charge in [-0.2, -0.15) is 4.98 Å². The lowest BCUT2D eigenvalue weighted by atomic mass is 10.2. The molecule has 0 spiro atoms. The van der Waals surface area contributed by atoms with Crippen molar-refractivity contribution in [1.29, 1.82) is 0 Å². The number of hydrogen-bond acceptors (Lipinski definition) is 5. The van der Waals surface area contributed by atoms with Crippen LogP contribution in [0.2, 0.25) is 0 Å². The molecule has 3 rings (SSSR count). The van der Waals surface area contributed by atoms with E-state index in [1.807, 2.05) is 24.3 Å². The molecule has 3 aromatic rings. The number of anilines is 1. The first-order valence-electron chi connectivity index (χ1n) is 5.54. The molecular weight excluding hydrogens is 308 g/mol. The fourth-order valence-corrected chi connectivity index (χ4v) is 2.04. The molecule has 0 radical (unpaired) electrons. The average Bonchev–Trinajstić information content (AvgIpc) is 2.89. The maximum absolute atomic E-state index is 5.64. The Bertz CT molecular complexity index is 709. The van der Waals surface area contributed by atoms with E-state index >= 15 is 0 Å². The highest BCUT2D eigenvalue weighted by atomic mass is 79.9. The van der Waals surface area contributed by atoms with Gasteiger partial charge < -0.3 is 10.3 Å². The maximum atomic E-state index is 5.64. The molecule has 2 heterocycles. The molecular formula is C13H9BrN4O. The van der Waals surface area contributed by atoms with Crippen molar-refractivity contribution >= 4 is 21.6 Å². The average molecular weight is 317 g/mol. The second-order valence-electron chi connectivity index (χ2n) is 3.88. The molecule has 0 bridgehead atoms. The molecule has 0 aliphatic carbocycles. The number of hydrogen-bond donors (Lipinski definition) is 1. The Balaban J connectivity index is 2.00. The first-order valence-corrected chi connectivity index (χ1v) is 6.34. The van der Waals surface area contributed by atoms with E-state index in [2.05, 4.69) is 31.1 Å². The fraction of sp³-hybridized carbons (Fsp3) is 0. The highest BCUT2D eigenvalue weighted by molar-refractivity contribution is 9.10. The van der Waals surface area contributed by atoms with Gasteiger partial charge in [0.1, 0.15) is 5.69 Å². The second kappa shape index (κ2) is 4.81. The van der Waals surface area contributed by atoms with Crippen LogP contribution >= 0.6 is 15.9 Å². The summed E-state index contributed by atoms with van der Waals surface area (Å²) in [5.74, 6) is 0.881. The molecule has 0 amide bonds. The minimum atomic E-state index is 0.374. The quantitative estimate of drug-likeness (QED) is 0.735. The van der Waals surface area contributed by atoms with Gasteiger partial charge in [-0.25, -0.2) is 4.98 Å². The Morgan fingerprint density at radius 3 is 2.63 bits per heavy atom. The Morgan fingerprint density at radius 1 is 1.11 bits per heavy atom. The van der Waals surface area contributed by atoms with Crippen LogP contribution in [-0.4, -0.2) is 15.1 Å². The maximum Gasteiger partial charge on any atom is 0.278 e. The molecule has 0 unspecified atom stereocenters. The van der Waals surface area contributed by atoms with Gasteiger partial charge in [0.2, 0.25) is 5.82 Å². The SMILES string of the molecule is Nc1ccc(-c2noc(-c3ncccc3Br)n2)cc1. The van der Waals surface area contributed by atoms with Crippen molar-refractivity contribution in [3.63, 3.8) is 0 Å². The van der Waals surface area contributed by atoms with Crippen LogP contribution in [0.3, 0.4) is 0 Å². The minimum absolute atomic E-state index is 0.374. The predicted octanol–water partition coefficient (Wildman–Crippen LogP) is 3.14. The summed E-state index contributed by atoms with van der Waals surface area (Å²) >= 11 is 3.40. The molecule has 0 aliphatic rings. The number of benzene rings is 1. The zero-order valence-electron chi connectivity index (χ0n) is 9.75. The predicted molar refractivity (Wildman–Crippen MR) is 75.1 cm³/mol. The zero-order valence-corrected chi connectivity index (χ0v) is 11.3. The van der Waals surface area contributed by atoms with Crippen molar-refractivity contribution in [1.82, 2.24) is 15.1 Å². The molecule has 0 saturated heterocycles. The third-order valence-corrected chi connectivity index (χ3v) is 3.20. The van der Waals surface area contributed by atoms with Gasteiger partial charge in [-0.3, -0.25) is 0 Å². The lowest BCUT2D eigenvalue weighted by molar-refractivity contribution is 0.431. The van der Waals surface area contributed by atoms with E-state index in [0.29, 0.717) is 23.1 Å². The van der Waals surface area contributed by atoms with Crippen LogP contribution in [0.15, 0.2) is 51.6 Å². The van der Waals surface area contributed by atoms with Crippen LogP contribution < -0.4 is 5.73 Å². The van der Waals surface area contributed by atoms with Crippen molar-refractivity contribution in [3.8, 4) is 23.0 Å². The molecule has 1 aromatic carbocycles. The van der Waals surface area contributed by atoms with Crippen LogP contribution in [0.4, 0.5) is 5.69 Å². The standard InChI is InChI=1S/C13H9BrN4O/c14-10-2-1-7-16-11(10)13-17-12(18-19-13)8-3-5-9(15)6-4-8/h1-7H,15H2. The molecule has 19 heavy (non-hydrogen) atoms. The molecule has 0 atom stereocenters. The van der Waals surface area contributed by atoms with Gasteiger partial charge in [0.25, 0.3) is 5.89 Å². The van der Waals surface area contributed by atoms with E-state index in [-0.39, 0.29) is 0 Å². The van der Waals surface area contributed by atoms with Gasteiger partial charge in [0.05, 0.1) is 0 Å². The van der Waals surface area contributed by atoms with Gasteiger partial charge in [-0.05, 0) is 52.3 Å². The molecule has 0 saturated carbocycles. The highest BCUT2D eigenvalue weighted by Gasteiger charge is 2.13. The Kier molecular flexibility index (Phi) is 3.00. The number of aromatic nitrogens is 3. The van der Waals surface area contributed by atoms with E-state index in [1.54, 1.807) is 18.3 Å². The number of nitrogens with zero attached hydrogens (tertiary/aromatic N) is 3. The smallest absolute Gasteiger partial charge is 0.278 e. The molecule has 5 nitrogen and oxygen atoms in total. The largest absolute Gasteiger partial charge is 0.399 e. The fourth-order valence-electron chi connectivity index (χ4n) is 1.61. The van der Waals surface area contributed by atoms with E-state index in [0.717, 1.165) is 10.0 Å². The molecule has 0 aliphatic heterocycles. The first-order chi connectivity index (χ1) is 9.24. The summed E-state index contributed by atoms with van der Waals surface area (Å²) < 4.78 is 6.04. The zero-order chi connectivity index (χ0) is 13.2. The van der Waals surface area contributed by atoms with E-state index < -0.39 is 0 Å². The third-order valence-electron chi connectivity index (χ3n) is 2.56. The van der Waals surface area contributed by atoms with Gasteiger partial charge in [-0.1, -0.05) is 5.16 Å².